The van der Waals surface area contributed by atoms with Gasteiger partial charge in [-0.2, -0.15) is 5.10 Å². The number of carbonyl (C=O) groups is 4. The highest BCUT2D eigenvalue weighted by Gasteiger charge is 2.48. The molecule has 1 aliphatic heterocycles. The van der Waals surface area contributed by atoms with Crippen molar-refractivity contribution in [2.24, 2.45) is 5.92 Å². The minimum absolute atomic E-state index is 0.0166. The summed E-state index contributed by atoms with van der Waals surface area (Å²) < 4.78 is 29.5. The van der Waals surface area contributed by atoms with E-state index in [2.05, 4.69) is 20.1 Å². The Hall–Kier alpha value is -4.79. The van der Waals surface area contributed by atoms with Crippen LogP contribution in [0.4, 0.5) is 11.5 Å². The summed E-state index contributed by atoms with van der Waals surface area (Å²) in [4.78, 5) is 49.8. The number of carboxylic acid groups (broad SMARTS) is 2. The van der Waals surface area contributed by atoms with E-state index >= 15 is 0 Å². The van der Waals surface area contributed by atoms with Gasteiger partial charge in [0.15, 0.2) is 0 Å². The second kappa shape index (κ2) is 15.6. The molecule has 4 N–H and O–H groups in total. The molecule has 5 rings (SSSR count). The van der Waals surface area contributed by atoms with E-state index in [4.69, 9.17) is 19.8 Å². The number of nitrogens with zero attached hydrogens (tertiary/aromatic N) is 4. The van der Waals surface area contributed by atoms with Crippen LogP contribution in [0, 0.1) is 5.92 Å². The number of likely N-dealkylation sites (tertiary alicyclic amines) is 1. The van der Waals surface area contributed by atoms with Gasteiger partial charge in [0.1, 0.15) is 17.6 Å². The van der Waals surface area contributed by atoms with Gasteiger partial charge in [0.25, 0.3) is 28.9 Å². The first-order valence-electron chi connectivity index (χ1n) is 13.9. The lowest BCUT2D eigenvalue weighted by Crippen LogP contribution is -2.48. The SMILES string of the molecule is CC(C)n1nccc1C(=O)N1C(C(=O)Nc2ccc(S(=O)(=O)Nc3ccccn3)cc2)C[C@@H]2CCCC[C@H]21.O=CO.O=CO. The summed E-state index contributed by atoms with van der Waals surface area (Å²) in [5.74, 6) is 0.0542. The zero-order valence-corrected chi connectivity index (χ0v) is 25.1. The molecular weight excluding hydrogens is 592 g/mol. The van der Waals surface area contributed by atoms with Crippen LogP contribution in [0.5, 0.6) is 0 Å². The number of carbonyl (C=O) groups excluding carboxylic acids is 2. The van der Waals surface area contributed by atoms with Crippen molar-refractivity contribution in [2.75, 3.05) is 10.0 Å². The Bertz CT molecular complexity index is 1510. The summed E-state index contributed by atoms with van der Waals surface area (Å²) in [6.07, 6.45) is 7.74. The number of sulfonamides is 1. The molecule has 2 aliphatic rings. The van der Waals surface area contributed by atoms with Gasteiger partial charge in [-0.15, -0.1) is 0 Å². The Morgan fingerprint density at radius 1 is 0.977 bits per heavy atom. The number of anilines is 2. The van der Waals surface area contributed by atoms with Crippen LogP contribution < -0.4 is 10.0 Å². The summed E-state index contributed by atoms with van der Waals surface area (Å²) in [5, 5.41) is 21.0. The minimum Gasteiger partial charge on any atom is -0.483 e. The van der Waals surface area contributed by atoms with Gasteiger partial charge < -0.3 is 20.4 Å². The van der Waals surface area contributed by atoms with Gasteiger partial charge in [0, 0.05) is 30.2 Å². The molecule has 0 spiro atoms. The molecule has 1 saturated heterocycles. The van der Waals surface area contributed by atoms with E-state index in [1.54, 1.807) is 52.2 Å². The van der Waals surface area contributed by atoms with E-state index in [9.17, 15) is 18.0 Å². The van der Waals surface area contributed by atoms with Crippen molar-refractivity contribution in [2.45, 2.75) is 69.0 Å². The fourth-order valence-electron chi connectivity index (χ4n) is 5.58. The summed E-state index contributed by atoms with van der Waals surface area (Å²) in [6, 6.07) is 12.0. The first kappa shape index (κ1) is 33.7. The number of fused-ring (bicyclic) bond motifs is 1. The third kappa shape index (κ3) is 8.18. The topological polar surface area (TPSA) is 201 Å². The molecule has 3 atom stereocenters. The number of pyridine rings is 1. The molecule has 0 bridgehead atoms. The van der Waals surface area contributed by atoms with Crippen LogP contribution in [-0.2, 0) is 24.4 Å². The Balaban J connectivity index is 0.000000816. The summed E-state index contributed by atoms with van der Waals surface area (Å²) in [7, 11) is -3.83. The van der Waals surface area contributed by atoms with Crippen LogP contribution in [0.25, 0.3) is 0 Å². The van der Waals surface area contributed by atoms with Gasteiger partial charge in [-0.05, 0) is 81.5 Å². The average Bonchev–Trinajstić information content (AvgIpc) is 3.64. The highest BCUT2D eigenvalue weighted by molar-refractivity contribution is 7.92. The van der Waals surface area contributed by atoms with Gasteiger partial charge >= 0.3 is 0 Å². The van der Waals surface area contributed by atoms with Crippen LogP contribution in [-0.4, -0.2) is 75.1 Å². The molecule has 1 unspecified atom stereocenters. The predicted molar refractivity (Wildman–Crippen MR) is 160 cm³/mol. The second-order valence-electron chi connectivity index (χ2n) is 10.4. The standard InChI is InChI=1S/C27H32N6O4S.2CH2O2/c1-18(2)33-23(14-16-29-33)27(35)32-22-8-4-3-7-19(22)17-24(32)26(34)30-20-10-12-21(13-11-20)38(36,37)31-25-9-5-6-15-28-25;2*2-1-3/h5-6,9-16,18-19,22,24H,3-4,7-8,17H2,1-2H3,(H,28,31)(H,30,34);2*1H,(H,2,3)/t19-,22+,24?;;/m0../s1. The van der Waals surface area contributed by atoms with Gasteiger partial charge in [-0.25, -0.2) is 13.4 Å². The fraction of sp³-hybridized carbons (Fsp3) is 0.379. The number of aromatic nitrogens is 3. The largest absolute Gasteiger partial charge is 0.483 e. The lowest BCUT2D eigenvalue weighted by molar-refractivity contribution is -0.123. The molecule has 3 aromatic rings. The number of hydrogen-bond donors (Lipinski definition) is 4. The number of benzene rings is 1. The maximum absolute atomic E-state index is 13.8. The van der Waals surface area contributed by atoms with Crippen molar-refractivity contribution in [3.05, 3.63) is 66.6 Å². The summed E-state index contributed by atoms with van der Waals surface area (Å²) in [5.41, 5.74) is 0.945. The van der Waals surface area contributed by atoms with Crippen molar-refractivity contribution in [1.82, 2.24) is 19.7 Å². The van der Waals surface area contributed by atoms with Crippen LogP contribution in [0.2, 0.25) is 0 Å². The van der Waals surface area contributed by atoms with Gasteiger partial charge in [-0.1, -0.05) is 18.9 Å². The zero-order chi connectivity index (χ0) is 32.3. The Labute approximate surface area is 255 Å². The minimum atomic E-state index is -3.83. The smallest absolute Gasteiger partial charge is 0.290 e. The van der Waals surface area contributed by atoms with Crippen LogP contribution in [0.1, 0.15) is 62.5 Å². The molecule has 236 valence electrons. The van der Waals surface area contributed by atoms with Gasteiger partial charge in [0.2, 0.25) is 5.91 Å². The number of hydrogen-bond acceptors (Lipinski definition) is 8. The first-order chi connectivity index (χ1) is 21.1. The molecule has 44 heavy (non-hydrogen) atoms. The van der Waals surface area contributed by atoms with E-state index < -0.39 is 16.1 Å². The van der Waals surface area contributed by atoms with Crippen LogP contribution in [0.15, 0.2) is 65.8 Å². The zero-order valence-electron chi connectivity index (χ0n) is 24.3. The normalized spacial score (nSPS) is 18.9. The maximum Gasteiger partial charge on any atom is 0.290 e. The van der Waals surface area contributed by atoms with E-state index in [0.29, 0.717) is 17.8 Å². The first-order valence-corrected chi connectivity index (χ1v) is 15.4. The number of amides is 2. The van der Waals surface area contributed by atoms with E-state index in [1.165, 1.54) is 18.3 Å². The Morgan fingerprint density at radius 3 is 2.25 bits per heavy atom. The molecule has 2 fully saturated rings. The fourth-order valence-corrected chi connectivity index (χ4v) is 6.58. The van der Waals surface area contributed by atoms with Crippen molar-refractivity contribution in [3.8, 4) is 0 Å². The quantitative estimate of drug-likeness (QED) is 0.281. The van der Waals surface area contributed by atoms with Gasteiger partial charge in [-0.3, -0.25) is 28.6 Å². The number of nitrogens with one attached hydrogen (secondary N) is 2. The molecule has 1 aromatic carbocycles. The molecule has 1 saturated carbocycles. The van der Waals surface area contributed by atoms with Crippen molar-refractivity contribution in [1.29, 1.82) is 0 Å². The number of rotatable bonds is 7. The third-order valence-corrected chi connectivity index (χ3v) is 8.71. The van der Waals surface area contributed by atoms with Crippen molar-refractivity contribution in [3.63, 3.8) is 0 Å². The van der Waals surface area contributed by atoms with E-state index in [0.717, 1.165) is 25.7 Å². The van der Waals surface area contributed by atoms with E-state index in [-0.39, 0.29) is 53.5 Å². The third-order valence-electron chi connectivity index (χ3n) is 7.34. The molecule has 14 nitrogen and oxygen atoms in total. The predicted octanol–water partition coefficient (Wildman–Crippen LogP) is 3.47. The Kier molecular flexibility index (Phi) is 12.0. The molecule has 1 aliphatic carbocycles. The maximum atomic E-state index is 13.8. The van der Waals surface area contributed by atoms with Crippen LogP contribution in [0.3, 0.4) is 0 Å². The van der Waals surface area contributed by atoms with Gasteiger partial charge in [0.05, 0.1) is 4.90 Å². The summed E-state index contributed by atoms with van der Waals surface area (Å²) in [6.45, 7) is 3.44. The average molecular weight is 629 g/mol. The van der Waals surface area contributed by atoms with Crippen molar-refractivity contribution < 1.29 is 37.8 Å². The lowest BCUT2D eigenvalue weighted by atomic mass is 9.84. The molecule has 2 amide bonds. The molecular formula is C29H36N6O8S. The van der Waals surface area contributed by atoms with E-state index in [1.807, 2.05) is 13.8 Å². The summed E-state index contributed by atoms with van der Waals surface area (Å²) >= 11 is 0. The highest BCUT2D eigenvalue weighted by Crippen LogP contribution is 2.41. The molecule has 2 aromatic heterocycles. The Morgan fingerprint density at radius 2 is 1.64 bits per heavy atom. The van der Waals surface area contributed by atoms with Crippen molar-refractivity contribution >= 4 is 46.3 Å². The monoisotopic (exact) mass is 628 g/mol. The highest BCUT2D eigenvalue weighted by atomic mass is 32.2. The molecule has 3 heterocycles. The lowest BCUT2D eigenvalue weighted by Gasteiger charge is -2.33. The second-order valence-corrected chi connectivity index (χ2v) is 12.1. The molecule has 15 heteroatoms. The molecule has 0 radical (unpaired) electrons. The van der Waals surface area contributed by atoms with Crippen LogP contribution >= 0.6 is 0 Å².